The Bertz CT molecular complexity index is 756. The number of rotatable bonds is 5. The molecule has 2 rings (SSSR count). The molecule has 2 amide bonds. The minimum absolute atomic E-state index is 0.0341. The van der Waals surface area contributed by atoms with Crippen molar-refractivity contribution in [3.63, 3.8) is 0 Å². The number of benzene rings is 2. The molecule has 0 fully saturated rings. The lowest BCUT2D eigenvalue weighted by Gasteiger charge is -2.21. The van der Waals surface area contributed by atoms with Gasteiger partial charge in [-0.3, -0.25) is 9.59 Å². The van der Waals surface area contributed by atoms with Gasteiger partial charge in [-0.1, -0.05) is 24.3 Å². The number of likely N-dealkylation sites (N-methyl/N-ethyl adjacent to an activating group) is 1. The molecule has 0 bridgehead atoms. The number of nitrogens with zero attached hydrogens (tertiary/aromatic N) is 1. The van der Waals surface area contributed by atoms with Crippen molar-refractivity contribution in [2.75, 3.05) is 16.8 Å². The minimum Gasteiger partial charge on any atom is -0.489 e. The molecule has 2 aromatic carbocycles. The van der Waals surface area contributed by atoms with Gasteiger partial charge in [-0.2, -0.15) is 0 Å². The molecule has 0 spiro atoms. The summed E-state index contributed by atoms with van der Waals surface area (Å²) in [4.78, 5) is 26.5. The molecule has 5 heteroatoms. The van der Waals surface area contributed by atoms with E-state index >= 15 is 0 Å². The van der Waals surface area contributed by atoms with E-state index in [2.05, 4.69) is 5.32 Å². The Hall–Kier alpha value is -2.82. The summed E-state index contributed by atoms with van der Waals surface area (Å²) in [5.41, 5.74) is 2.21. The third-order valence-corrected chi connectivity index (χ3v) is 3.57. The first-order valence-electron chi connectivity index (χ1n) is 8.37. The van der Waals surface area contributed by atoms with Crippen molar-refractivity contribution < 1.29 is 14.3 Å². The van der Waals surface area contributed by atoms with Gasteiger partial charge in [0, 0.05) is 12.2 Å². The third-order valence-electron chi connectivity index (χ3n) is 3.57. The van der Waals surface area contributed by atoms with Gasteiger partial charge in [0.2, 0.25) is 0 Å². The summed E-state index contributed by atoms with van der Waals surface area (Å²) in [6.45, 7) is 7.99. The molecule has 0 unspecified atom stereocenters. The van der Waals surface area contributed by atoms with Gasteiger partial charge in [0.15, 0.2) is 0 Å². The van der Waals surface area contributed by atoms with Crippen LogP contribution < -0.4 is 15.0 Å². The molecule has 0 atom stereocenters. The zero-order valence-electron chi connectivity index (χ0n) is 15.1. The Morgan fingerprint density at radius 1 is 1.12 bits per heavy atom. The fraction of sp³-hybridized carbons (Fsp3) is 0.300. The number of nitrogens with one attached hydrogen (secondary N) is 1. The molecule has 0 saturated heterocycles. The van der Waals surface area contributed by atoms with Gasteiger partial charge >= 0.3 is 11.8 Å². The van der Waals surface area contributed by atoms with E-state index < -0.39 is 11.8 Å². The van der Waals surface area contributed by atoms with Crippen molar-refractivity contribution in [3.05, 3.63) is 54.1 Å². The Kier molecular flexibility index (Phi) is 6.17. The van der Waals surface area contributed by atoms with E-state index in [1.165, 1.54) is 4.90 Å². The highest BCUT2D eigenvalue weighted by atomic mass is 16.5. The van der Waals surface area contributed by atoms with Gasteiger partial charge in [0.25, 0.3) is 0 Å². The number of anilines is 2. The highest BCUT2D eigenvalue weighted by Gasteiger charge is 2.23. The maximum atomic E-state index is 12.6. The van der Waals surface area contributed by atoms with E-state index in [9.17, 15) is 9.59 Å². The number of carbonyl (C=O) groups is 2. The van der Waals surface area contributed by atoms with Crippen LogP contribution in [0.5, 0.6) is 5.75 Å². The second kappa shape index (κ2) is 8.33. The van der Waals surface area contributed by atoms with Crippen LogP contribution in [0.15, 0.2) is 48.5 Å². The second-order valence-electron chi connectivity index (χ2n) is 6.01. The number of amides is 2. The quantitative estimate of drug-likeness (QED) is 0.843. The average Bonchev–Trinajstić information content (AvgIpc) is 2.57. The van der Waals surface area contributed by atoms with Crippen LogP contribution in [0, 0.1) is 6.92 Å². The second-order valence-corrected chi connectivity index (χ2v) is 6.01. The molecular weight excluding hydrogens is 316 g/mol. The van der Waals surface area contributed by atoms with Crippen LogP contribution in [0.4, 0.5) is 11.4 Å². The SMILES string of the molecule is CCN(C(=O)C(=O)Nc1ccccc1OC(C)C)c1cccc(C)c1. The number of ether oxygens (including phenoxy) is 1. The lowest BCUT2D eigenvalue weighted by molar-refractivity contribution is -0.134. The molecule has 0 heterocycles. The van der Waals surface area contributed by atoms with Crippen molar-refractivity contribution in [1.29, 1.82) is 0 Å². The summed E-state index contributed by atoms with van der Waals surface area (Å²) in [5, 5.41) is 2.66. The van der Waals surface area contributed by atoms with Crippen molar-refractivity contribution in [2.24, 2.45) is 0 Å². The van der Waals surface area contributed by atoms with E-state index in [0.29, 0.717) is 23.7 Å². The average molecular weight is 340 g/mol. The molecule has 0 saturated carbocycles. The lowest BCUT2D eigenvalue weighted by Crippen LogP contribution is -2.39. The number of hydrogen-bond acceptors (Lipinski definition) is 3. The molecule has 2 aromatic rings. The fourth-order valence-corrected chi connectivity index (χ4v) is 2.46. The van der Waals surface area contributed by atoms with Crippen molar-refractivity contribution in [2.45, 2.75) is 33.8 Å². The van der Waals surface area contributed by atoms with Gasteiger partial charge in [0.1, 0.15) is 5.75 Å². The van der Waals surface area contributed by atoms with Gasteiger partial charge in [-0.25, -0.2) is 0 Å². The molecule has 0 aromatic heterocycles. The first-order valence-corrected chi connectivity index (χ1v) is 8.37. The smallest absolute Gasteiger partial charge is 0.316 e. The van der Waals surface area contributed by atoms with Gasteiger partial charge < -0.3 is 15.0 Å². The van der Waals surface area contributed by atoms with Crippen LogP contribution in [0.2, 0.25) is 0 Å². The van der Waals surface area contributed by atoms with E-state index in [-0.39, 0.29) is 6.10 Å². The largest absolute Gasteiger partial charge is 0.489 e. The fourth-order valence-electron chi connectivity index (χ4n) is 2.46. The minimum atomic E-state index is -0.692. The van der Waals surface area contributed by atoms with Gasteiger partial charge in [0.05, 0.1) is 11.8 Å². The van der Waals surface area contributed by atoms with Crippen molar-refractivity contribution in [3.8, 4) is 5.75 Å². The van der Waals surface area contributed by atoms with E-state index in [4.69, 9.17) is 4.74 Å². The Labute approximate surface area is 148 Å². The summed E-state index contributed by atoms with van der Waals surface area (Å²) in [7, 11) is 0. The highest BCUT2D eigenvalue weighted by Crippen LogP contribution is 2.25. The first kappa shape index (κ1) is 18.5. The predicted octanol–water partition coefficient (Wildman–Crippen LogP) is 3.77. The Morgan fingerprint density at radius 3 is 2.48 bits per heavy atom. The van der Waals surface area contributed by atoms with Crippen molar-refractivity contribution >= 4 is 23.2 Å². The molecule has 5 nitrogen and oxygen atoms in total. The van der Waals surface area contributed by atoms with Gasteiger partial charge in [-0.15, -0.1) is 0 Å². The summed E-state index contributed by atoms with van der Waals surface area (Å²) >= 11 is 0. The monoisotopic (exact) mass is 340 g/mol. The van der Waals surface area contributed by atoms with Crippen LogP contribution in [0.1, 0.15) is 26.3 Å². The van der Waals surface area contributed by atoms with Crippen LogP contribution >= 0.6 is 0 Å². The molecule has 0 radical (unpaired) electrons. The number of hydrogen-bond donors (Lipinski definition) is 1. The molecule has 132 valence electrons. The summed E-state index contributed by atoms with van der Waals surface area (Å²) < 4.78 is 5.67. The first-order chi connectivity index (χ1) is 11.9. The maximum absolute atomic E-state index is 12.6. The maximum Gasteiger partial charge on any atom is 0.316 e. The third kappa shape index (κ3) is 4.83. The molecule has 0 aliphatic heterocycles. The number of carbonyl (C=O) groups excluding carboxylic acids is 2. The van der Waals surface area contributed by atoms with E-state index in [0.717, 1.165) is 5.56 Å². The molecule has 1 N–H and O–H groups in total. The van der Waals surface area contributed by atoms with Gasteiger partial charge in [-0.05, 0) is 57.5 Å². The van der Waals surface area contributed by atoms with Crippen LogP contribution in [-0.4, -0.2) is 24.5 Å². The number of aryl methyl sites for hydroxylation is 1. The predicted molar refractivity (Wildman–Crippen MR) is 100 cm³/mol. The highest BCUT2D eigenvalue weighted by molar-refractivity contribution is 6.44. The molecule has 0 aliphatic rings. The Balaban J connectivity index is 2.18. The van der Waals surface area contributed by atoms with E-state index in [1.54, 1.807) is 18.2 Å². The normalized spacial score (nSPS) is 10.4. The van der Waals surface area contributed by atoms with Crippen LogP contribution in [-0.2, 0) is 9.59 Å². The van der Waals surface area contributed by atoms with Crippen molar-refractivity contribution in [1.82, 2.24) is 0 Å². The zero-order valence-corrected chi connectivity index (χ0v) is 15.1. The zero-order chi connectivity index (χ0) is 18.4. The Morgan fingerprint density at radius 2 is 1.84 bits per heavy atom. The summed E-state index contributed by atoms with van der Waals surface area (Å²) in [6.07, 6.45) is -0.0341. The van der Waals surface area contributed by atoms with Crippen LogP contribution in [0.25, 0.3) is 0 Å². The van der Waals surface area contributed by atoms with E-state index in [1.807, 2.05) is 58.0 Å². The standard InChI is InChI=1S/C20H24N2O3/c1-5-22(16-10-8-9-15(4)13-16)20(24)19(23)21-17-11-6-7-12-18(17)25-14(2)3/h6-14H,5H2,1-4H3,(H,21,23). The van der Waals surface area contributed by atoms with Crippen LogP contribution in [0.3, 0.4) is 0 Å². The molecule has 25 heavy (non-hydrogen) atoms. The summed E-state index contributed by atoms with van der Waals surface area (Å²) in [6, 6.07) is 14.6. The summed E-state index contributed by atoms with van der Waals surface area (Å²) in [5.74, 6) is -0.757. The topological polar surface area (TPSA) is 58.6 Å². The molecular formula is C20H24N2O3. The lowest BCUT2D eigenvalue weighted by atomic mass is 10.2. The molecule has 0 aliphatic carbocycles. The number of para-hydroxylation sites is 2.